The summed E-state index contributed by atoms with van der Waals surface area (Å²) in [5.41, 5.74) is 2.64. The van der Waals surface area contributed by atoms with E-state index in [9.17, 15) is 14.0 Å². The molecule has 0 saturated carbocycles. The molecule has 2 aliphatic rings. The van der Waals surface area contributed by atoms with E-state index in [0.717, 1.165) is 55.7 Å². The van der Waals surface area contributed by atoms with E-state index in [0.29, 0.717) is 37.3 Å². The Kier molecular flexibility index (Phi) is 8.23. The third-order valence-electron chi connectivity index (χ3n) is 6.87. The first-order valence-corrected chi connectivity index (χ1v) is 12.3. The van der Waals surface area contributed by atoms with E-state index in [4.69, 9.17) is 9.47 Å². The summed E-state index contributed by atoms with van der Waals surface area (Å²) in [5.74, 6) is 1.03. The molecule has 1 saturated heterocycles. The monoisotopic (exact) mass is 483 g/mol. The first kappa shape index (κ1) is 25.0. The lowest BCUT2D eigenvalue weighted by atomic mass is 10.0. The number of carbonyl (C=O) groups is 2. The summed E-state index contributed by atoms with van der Waals surface area (Å²) in [4.78, 5) is 29.1. The number of aryl methyl sites for hydroxylation is 1. The Morgan fingerprint density at radius 3 is 2.54 bits per heavy atom. The molecule has 2 aromatic carbocycles. The van der Waals surface area contributed by atoms with Gasteiger partial charge >= 0.3 is 0 Å². The molecule has 2 amide bonds. The van der Waals surface area contributed by atoms with Gasteiger partial charge in [-0.3, -0.25) is 9.59 Å². The normalized spacial score (nSPS) is 16.7. The highest BCUT2D eigenvalue weighted by Crippen LogP contribution is 2.29. The fraction of sp³-hybridized carbons (Fsp3) is 0.481. The average molecular weight is 484 g/mol. The van der Waals surface area contributed by atoms with Crippen molar-refractivity contribution in [3.05, 3.63) is 53.3 Å². The number of nitrogens with zero attached hydrogens (tertiary/aromatic N) is 2. The van der Waals surface area contributed by atoms with Crippen molar-refractivity contribution in [1.29, 1.82) is 0 Å². The van der Waals surface area contributed by atoms with Crippen molar-refractivity contribution < 1.29 is 23.5 Å². The third kappa shape index (κ3) is 6.31. The van der Waals surface area contributed by atoms with Crippen LogP contribution in [-0.4, -0.2) is 63.2 Å². The van der Waals surface area contributed by atoms with Crippen molar-refractivity contribution in [3.8, 4) is 11.5 Å². The highest BCUT2D eigenvalue weighted by molar-refractivity contribution is 5.96. The zero-order chi connectivity index (χ0) is 24.8. The fourth-order valence-electron chi connectivity index (χ4n) is 4.96. The van der Waals surface area contributed by atoms with Gasteiger partial charge in [-0.2, -0.15) is 0 Å². The van der Waals surface area contributed by atoms with Crippen molar-refractivity contribution in [2.45, 2.75) is 44.6 Å². The number of likely N-dealkylation sites (tertiary alicyclic amines) is 1. The average Bonchev–Trinajstić information content (AvgIpc) is 2.86. The zero-order valence-corrected chi connectivity index (χ0v) is 20.5. The number of hydrogen-bond acceptors (Lipinski definition) is 5. The Balaban J connectivity index is 1.20. The fourth-order valence-corrected chi connectivity index (χ4v) is 4.96. The molecule has 7 nitrogen and oxygen atoms in total. The highest BCUT2D eigenvalue weighted by atomic mass is 19.1. The van der Waals surface area contributed by atoms with E-state index in [1.165, 1.54) is 12.1 Å². The summed E-state index contributed by atoms with van der Waals surface area (Å²) >= 11 is 0. The Morgan fingerprint density at radius 2 is 1.80 bits per heavy atom. The Hall–Kier alpha value is -3.13. The molecule has 0 aliphatic carbocycles. The number of halogens is 1. The molecule has 0 atom stereocenters. The van der Waals surface area contributed by atoms with Crippen LogP contribution >= 0.6 is 0 Å². The number of nitrogens with one attached hydrogen (secondary N) is 1. The molecule has 0 bridgehead atoms. The molecule has 2 aromatic rings. The lowest BCUT2D eigenvalue weighted by Gasteiger charge is -2.34. The number of benzene rings is 2. The number of fused-ring (bicyclic) bond motifs is 1. The molecular weight excluding hydrogens is 449 g/mol. The van der Waals surface area contributed by atoms with Crippen LogP contribution in [0.1, 0.15) is 36.8 Å². The Bertz CT molecular complexity index is 1050. The maximum Gasteiger partial charge on any atom is 0.227 e. The molecule has 35 heavy (non-hydrogen) atoms. The number of anilines is 1. The second kappa shape index (κ2) is 11.5. The lowest BCUT2D eigenvalue weighted by molar-refractivity contribution is -0.121. The van der Waals surface area contributed by atoms with Crippen molar-refractivity contribution in [2.24, 2.45) is 0 Å². The molecule has 0 spiro atoms. The van der Waals surface area contributed by atoms with Gasteiger partial charge in [0.25, 0.3) is 0 Å². The molecule has 8 heteroatoms. The van der Waals surface area contributed by atoms with E-state index >= 15 is 0 Å². The SMILES string of the molecule is COc1ccc(CC(=O)NC2CCN(CCCN3C(=O)CCc4ccc(F)cc43)CC2)cc1OC. The lowest BCUT2D eigenvalue weighted by Crippen LogP contribution is -2.45. The molecule has 2 aliphatic heterocycles. The standard InChI is InChI=1S/C27H34FN3O4/c1-34-24-8-4-19(16-25(24)35-2)17-26(32)29-22-10-14-30(15-11-22)12-3-13-31-23-18-21(28)7-5-20(23)6-9-27(31)33/h4-5,7-8,16,18,22H,3,6,9-15,17H2,1-2H3,(H,29,32). The summed E-state index contributed by atoms with van der Waals surface area (Å²) in [6.07, 6.45) is 4.08. The minimum Gasteiger partial charge on any atom is -0.493 e. The van der Waals surface area contributed by atoms with E-state index in [2.05, 4.69) is 10.2 Å². The topological polar surface area (TPSA) is 71.1 Å². The van der Waals surface area contributed by atoms with Gasteiger partial charge in [0.05, 0.1) is 20.6 Å². The summed E-state index contributed by atoms with van der Waals surface area (Å²) in [6, 6.07) is 10.4. The van der Waals surface area contributed by atoms with Crippen molar-refractivity contribution in [3.63, 3.8) is 0 Å². The maximum atomic E-state index is 13.7. The minimum atomic E-state index is -0.307. The zero-order valence-electron chi connectivity index (χ0n) is 20.5. The maximum absolute atomic E-state index is 13.7. The summed E-state index contributed by atoms with van der Waals surface area (Å²) in [7, 11) is 3.17. The van der Waals surface area contributed by atoms with Gasteiger partial charge in [-0.15, -0.1) is 0 Å². The molecule has 188 valence electrons. The first-order chi connectivity index (χ1) is 17.0. The second-order valence-electron chi connectivity index (χ2n) is 9.22. The van der Waals surface area contributed by atoms with Crippen LogP contribution in [0.3, 0.4) is 0 Å². The number of hydrogen-bond donors (Lipinski definition) is 1. The van der Waals surface area contributed by atoms with Crippen LogP contribution in [0, 0.1) is 5.82 Å². The van der Waals surface area contributed by atoms with E-state index in [-0.39, 0.29) is 23.7 Å². The van der Waals surface area contributed by atoms with Gasteiger partial charge in [0.1, 0.15) is 5.82 Å². The molecule has 1 N–H and O–H groups in total. The largest absolute Gasteiger partial charge is 0.493 e. The van der Waals surface area contributed by atoms with Gasteiger partial charge in [0.15, 0.2) is 11.5 Å². The molecule has 0 aromatic heterocycles. The van der Waals surface area contributed by atoms with Crippen LogP contribution in [0.4, 0.5) is 10.1 Å². The molecule has 4 rings (SSSR count). The van der Waals surface area contributed by atoms with E-state index in [1.54, 1.807) is 25.2 Å². The molecule has 0 unspecified atom stereocenters. The Morgan fingerprint density at radius 1 is 1.03 bits per heavy atom. The number of amides is 2. The highest BCUT2D eigenvalue weighted by Gasteiger charge is 2.25. The number of piperidine rings is 1. The smallest absolute Gasteiger partial charge is 0.227 e. The minimum absolute atomic E-state index is 0.00479. The molecule has 1 fully saturated rings. The van der Waals surface area contributed by atoms with Crippen LogP contribution in [-0.2, 0) is 22.4 Å². The molecular formula is C27H34FN3O4. The Labute approximate surface area is 206 Å². The first-order valence-electron chi connectivity index (χ1n) is 12.3. The van der Waals surface area contributed by atoms with E-state index < -0.39 is 0 Å². The van der Waals surface area contributed by atoms with Crippen LogP contribution in [0.25, 0.3) is 0 Å². The van der Waals surface area contributed by atoms with Crippen molar-refractivity contribution in [1.82, 2.24) is 10.2 Å². The van der Waals surface area contributed by atoms with Gasteiger partial charge in [-0.05, 0) is 67.6 Å². The molecule has 0 radical (unpaired) electrons. The van der Waals surface area contributed by atoms with Crippen molar-refractivity contribution >= 4 is 17.5 Å². The number of methoxy groups -OCH3 is 2. The summed E-state index contributed by atoms with van der Waals surface area (Å²) in [6.45, 7) is 3.28. The van der Waals surface area contributed by atoms with Gasteiger partial charge < -0.3 is 24.6 Å². The second-order valence-corrected chi connectivity index (χ2v) is 9.22. The number of rotatable bonds is 9. The predicted octanol–water partition coefficient (Wildman–Crippen LogP) is 3.34. The van der Waals surface area contributed by atoms with Crippen molar-refractivity contribution in [2.75, 3.05) is 45.3 Å². The van der Waals surface area contributed by atoms with Crippen LogP contribution < -0.4 is 19.7 Å². The number of ether oxygens (including phenoxy) is 2. The predicted molar refractivity (Wildman–Crippen MR) is 133 cm³/mol. The van der Waals surface area contributed by atoms with Crippen LogP contribution in [0.2, 0.25) is 0 Å². The van der Waals surface area contributed by atoms with Gasteiger partial charge in [0.2, 0.25) is 11.8 Å². The summed E-state index contributed by atoms with van der Waals surface area (Å²) in [5, 5.41) is 3.16. The van der Waals surface area contributed by atoms with Gasteiger partial charge in [-0.1, -0.05) is 12.1 Å². The summed E-state index contributed by atoms with van der Waals surface area (Å²) < 4.78 is 24.3. The van der Waals surface area contributed by atoms with Crippen LogP contribution in [0.5, 0.6) is 11.5 Å². The third-order valence-corrected chi connectivity index (χ3v) is 6.87. The van der Waals surface area contributed by atoms with E-state index in [1.807, 2.05) is 18.2 Å². The van der Waals surface area contributed by atoms with Crippen LogP contribution in [0.15, 0.2) is 36.4 Å². The molecule has 2 heterocycles. The van der Waals surface area contributed by atoms with Gasteiger partial charge in [-0.25, -0.2) is 4.39 Å². The quantitative estimate of drug-likeness (QED) is 0.593. The van der Waals surface area contributed by atoms with Gasteiger partial charge in [0, 0.05) is 37.8 Å². The number of carbonyl (C=O) groups excluding carboxylic acids is 2.